The summed E-state index contributed by atoms with van der Waals surface area (Å²) >= 11 is 0. The summed E-state index contributed by atoms with van der Waals surface area (Å²) < 4.78 is 27.5. The Kier molecular flexibility index (Phi) is 6.34. The Bertz CT molecular complexity index is 1080. The van der Waals surface area contributed by atoms with Crippen molar-refractivity contribution in [2.24, 2.45) is 0 Å². The molecule has 0 unspecified atom stereocenters. The normalized spacial score (nSPS) is 11.1. The summed E-state index contributed by atoms with van der Waals surface area (Å²) in [6.45, 7) is 2.58. The smallest absolute Gasteiger partial charge is 0.261 e. The van der Waals surface area contributed by atoms with Crippen molar-refractivity contribution in [3.05, 3.63) is 95.6 Å². The number of amides is 1. The minimum atomic E-state index is -3.71. The van der Waals surface area contributed by atoms with Crippen molar-refractivity contribution < 1.29 is 13.2 Å². The summed E-state index contributed by atoms with van der Waals surface area (Å²) in [7, 11) is -1.97. The fraction of sp³-hybridized carbons (Fsp3) is 0.174. The Balaban J connectivity index is 1.73. The molecular formula is C23H24N2O3S. The number of nitrogens with zero attached hydrogens (tertiary/aromatic N) is 1. The first kappa shape index (κ1) is 20.6. The Labute approximate surface area is 172 Å². The van der Waals surface area contributed by atoms with Gasteiger partial charge in [0.1, 0.15) is 0 Å². The van der Waals surface area contributed by atoms with Crippen LogP contribution in [0, 0.1) is 0 Å². The number of hydrogen-bond donors (Lipinski definition) is 1. The number of nitrogens with one attached hydrogen (secondary N) is 1. The highest BCUT2D eigenvalue weighted by Crippen LogP contribution is 2.18. The molecule has 3 rings (SSSR count). The summed E-state index contributed by atoms with van der Waals surface area (Å²) in [6.07, 6.45) is 0.973. The number of rotatable bonds is 7. The van der Waals surface area contributed by atoms with Gasteiger partial charge in [-0.2, -0.15) is 0 Å². The molecule has 1 amide bonds. The SMILES string of the molecule is CCc1ccc(CN(C)C(=O)c2cccc(NS(=O)(=O)c3ccccc3)c2)cc1. The lowest BCUT2D eigenvalue weighted by Crippen LogP contribution is -2.26. The fourth-order valence-electron chi connectivity index (χ4n) is 2.98. The standard InChI is InChI=1S/C23H24N2O3S/c1-3-18-12-14-19(15-13-18)17-25(2)23(26)20-8-7-9-21(16-20)24-29(27,28)22-10-5-4-6-11-22/h4-16,24H,3,17H2,1-2H3. The minimum Gasteiger partial charge on any atom is -0.337 e. The molecule has 0 atom stereocenters. The van der Waals surface area contributed by atoms with Gasteiger partial charge in [0, 0.05) is 24.8 Å². The molecule has 0 radical (unpaired) electrons. The molecule has 0 spiro atoms. The van der Waals surface area contributed by atoms with Gasteiger partial charge in [0.25, 0.3) is 15.9 Å². The van der Waals surface area contributed by atoms with Crippen molar-refractivity contribution in [2.45, 2.75) is 24.8 Å². The van der Waals surface area contributed by atoms with Crippen LogP contribution in [-0.2, 0) is 23.0 Å². The van der Waals surface area contributed by atoms with E-state index >= 15 is 0 Å². The highest BCUT2D eigenvalue weighted by atomic mass is 32.2. The molecule has 0 aliphatic carbocycles. The molecule has 29 heavy (non-hydrogen) atoms. The second-order valence-corrected chi connectivity index (χ2v) is 8.51. The maximum Gasteiger partial charge on any atom is 0.261 e. The highest BCUT2D eigenvalue weighted by molar-refractivity contribution is 7.92. The van der Waals surface area contributed by atoms with Gasteiger partial charge in [-0.25, -0.2) is 8.42 Å². The highest BCUT2D eigenvalue weighted by Gasteiger charge is 2.16. The predicted octanol–water partition coefficient (Wildman–Crippen LogP) is 4.32. The number of anilines is 1. The predicted molar refractivity (Wildman–Crippen MR) is 115 cm³/mol. The minimum absolute atomic E-state index is 0.171. The van der Waals surface area contributed by atoms with E-state index in [1.807, 2.05) is 12.1 Å². The van der Waals surface area contributed by atoms with Crippen molar-refractivity contribution in [3.63, 3.8) is 0 Å². The van der Waals surface area contributed by atoms with E-state index in [0.717, 1.165) is 12.0 Å². The lowest BCUT2D eigenvalue weighted by Gasteiger charge is -2.18. The van der Waals surface area contributed by atoms with Crippen LogP contribution in [0.1, 0.15) is 28.4 Å². The van der Waals surface area contributed by atoms with E-state index in [4.69, 9.17) is 0 Å². The molecule has 0 heterocycles. The Morgan fingerprint density at radius 3 is 2.21 bits per heavy atom. The molecule has 0 aromatic heterocycles. The van der Waals surface area contributed by atoms with E-state index in [1.54, 1.807) is 54.4 Å². The Hall–Kier alpha value is -3.12. The van der Waals surface area contributed by atoms with Crippen LogP contribution in [0.2, 0.25) is 0 Å². The number of carbonyl (C=O) groups excluding carboxylic acids is 1. The zero-order chi connectivity index (χ0) is 20.9. The molecule has 0 bridgehead atoms. The van der Waals surface area contributed by atoms with Crippen LogP contribution in [0.25, 0.3) is 0 Å². The molecule has 0 fully saturated rings. The van der Waals surface area contributed by atoms with Crippen LogP contribution in [0.3, 0.4) is 0 Å². The summed E-state index contributed by atoms with van der Waals surface area (Å²) in [5.41, 5.74) is 3.06. The van der Waals surface area contributed by atoms with E-state index in [2.05, 4.69) is 23.8 Å². The van der Waals surface area contributed by atoms with Gasteiger partial charge in [0.15, 0.2) is 0 Å². The Morgan fingerprint density at radius 2 is 1.55 bits per heavy atom. The van der Waals surface area contributed by atoms with E-state index in [0.29, 0.717) is 17.8 Å². The molecule has 0 saturated heterocycles. The van der Waals surface area contributed by atoms with E-state index < -0.39 is 10.0 Å². The van der Waals surface area contributed by atoms with E-state index in [9.17, 15) is 13.2 Å². The Morgan fingerprint density at radius 1 is 0.897 bits per heavy atom. The van der Waals surface area contributed by atoms with Crippen LogP contribution in [0.4, 0.5) is 5.69 Å². The molecule has 0 aliphatic heterocycles. The first-order valence-electron chi connectivity index (χ1n) is 9.40. The van der Waals surface area contributed by atoms with Crippen molar-refractivity contribution in [1.82, 2.24) is 4.90 Å². The average Bonchev–Trinajstić information content (AvgIpc) is 2.74. The number of hydrogen-bond acceptors (Lipinski definition) is 3. The molecule has 1 N–H and O–H groups in total. The lowest BCUT2D eigenvalue weighted by molar-refractivity contribution is 0.0785. The largest absolute Gasteiger partial charge is 0.337 e. The zero-order valence-corrected chi connectivity index (χ0v) is 17.3. The summed E-state index contributed by atoms with van der Waals surface area (Å²) in [5, 5.41) is 0. The van der Waals surface area contributed by atoms with Crippen molar-refractivity contribution >= 4 is 21.6 Å². The van der Waals surface area contributed by atoms with Crippen molar-refractivity contribution in [2.75, 3.05) is 11.8 Å². The molecule has 3 aromatic carbocycles. The summed E-state index contributed by atoms with van der Waals surface area (Å²) in [4.78, 5) is 14.6. The lowest BCUT2D eigenvalue weighted by atomic mass is 10.1. The van der Waals surface area contributed by atoms with Crippen LogP contribution >= 0.6 is 0 Å². The number of benzene rings is 3. The van der Waals surface area contributed by atoms with Gasteiger partial charge in [-0.15, -0.1) is 0 Å². The third-order valence-electron chi connectivity index (χ3n) is 4.61. The number of sulfonamides is 1. The summed E-state index contributed by atoms with van der Waals surface area (Å²) in [6, 6.07) is 22.8. The second kappa shape index (κ2) is 8.92. The summed E-state index contributed by atoms with van der Waals surface area (Å²) in [5.74, 6) is -0.176. The van der Waals surface area contributed by atoms with E-state index in [1.165, 1.54) is 17.7 Å². The van der Waals surface area contributed by atoms with Gasteiger partial charge in [0.05, 0.1) is 4.90 Å². The number of aryl methyl sites for hydroxylation is 1. The molecule has 5 nitrogen and oxygen atoms in total. The van der Waals surface area contributed by atoms with Gasteiger partial charge in [-0.05, 0) is 47.9 Å². The topological polar surface area (TPSA) is 66.5 Å². The van der Waals surface area contributed by atoms with Crippen molar-refractivity contribution in [3.8, 4) is 0 Å². The molecule has 0 saturated carbocycles. The third kappa shape index (κ3) is 5.23. The quantitative estimate of drug-likeness (QED) is 0.633. The van der Waals surface area contributed by atoms with Crippen LogP contribution in [0.5, 0.6) is 0 Å². The van der Waals surface area contributed by atoms with Crippen LogP contribution in [0.15, 0.2) is 83.8 Å². The van der Waals surface area contributed by atoms with Crippen LogP contribution < -0.4 is 4.72 Å². The molecule has 150 valence electrons. The molecular weight excluding hydrogens is 384 g/mol. The van der Waals surface area contributed by atoms with Crippen LogP contribution in [-0.4, -0.2) is 26.3 Å². The van der Waals surface area contributed by atoms with Gasteiger partial charge in [-0.3, -0.25) is 9.52 Å². The average molecular weight is 409 g/mol. The van der Waals surface area contributed by atoms with Gasteiger partial charge < -0.3 is 4.90 Å². The van der Waals surface area contributed by atoms with Gasteiger partial charge in [-0.1, -0.05) is 55.5 Å². The molecule has 6 heteroatoms. The first-order valence-corrected chi connectivity index (χ1v) is 10.9. The van der Waals surface area contributed by atoms with E-state index in [-0.39, 0.29) is 10.8 Å². The van der Waals surface area contributed by atoms with Gasteiger partial charge >= 0.3 is 0 Å². The fourth-order valence-corrected chi connectivity index (χ4v) is 4.05. The monoisotopic (exact) mass is 408 g/mol. The molecule has 3 aromatic rings. The zero-order valence-electron chi connectivity index (χ0n) is 16.5. The first-order chi connectivity index (χ1) is 13.9. The van der Waals surface area contributed by atoms with Crippen molar-refractivity contribution in [1.29, 1.82) is 0 Å². The second-order valence-electron chi connectivity index (χ2n) is 6.83. The molecule has 0 aliphatic rings. The van der Waals surface area contributed by atoms with Gasteiger partial charge in [0.2, 0.25) is 0 Å². The number of carbonyl (C=O) groups is 1. The maximum absolute atomic E-state index is 12.8. The maximum atomic E-state index is 12.8. The third-order valence-corrected chi connectivity index (χ3v) is 6.01.